The van der Waals surface area contributed by atoms with Crippen LogP contribution in [0.3, 0.4) is 0 Å². The van der Waals surface area contributed by atoms with Crippen LogP contribution in [0.5, 0.6) is 5.75 Å². The van der Waals surface area contributed by atoms with Crippen molar-refractivity contribution in [1.82, 2.24) is 0 Å². The lowest BCUT2D eigenvalue weighted by Gasteiger charge is -2.26. The first-order valence-corrected chi connectivity index (χ1v) is 9.36. The predicted molar refractivity (Wildman–Crippen MR) is 101 cm³/mol. The van der Waals surface area contributed by atoms with Crippen molar-refractivity contribution in [1.29, 1.82) is 0 Å². The van der Waals surface area contributed by atoms with Crippen LogP contribution in [0.2, 0.25) is 0 Å². The number of ether oxygens (including phenoxy) is 1. The summed E-state index contributed by atoms with van der Waals surface area (Å²) in [6.45, 7) is 0.885. The van der Waals surface area contributed by atoms with Crippen LogP contribution in [-0.2, 0) is 4.79 Å². The molecule has 0 aromatic heterocycles. The molecule has 162 valence electrons. The molecule has 1 saturated heterocycles. The summed E-state index contributed by atoms with van der Waals surface area (Å²) in [5, 5.41) is 0.630. The molecule has 1 amide bonds. The van der Waals surface area contributed by atoms with Crippen molar-refractivity contribution in [2.45, 2.75) is 35.4 Å². The van der Waals surface area contributed by atoms with E-state index < -0.39 is 74.0 Å². The van der Waals surface area contributed by atoms with Crippen LogP contribution in [0.1, 0.15) is 24.8 Å². The number of nitrogen functional groups attached to an aromatic ring is 1. The third-order valence-electron chi connectivity index (χ3n) is 5.10. The Hall–Kier alpha value is -2.63. The topological polar surface area (TPSA) is 98.5 Å². The molecule has 1 aliphatic heterocycles. The number of benzene rings is 1. The van der Waals surface area contributed by atoms with E-state index in [0.717, 1.165) is 26.2 Å². The molecule has 3 rings (SSSR count). The van der Waals surface area contributed by atoms with Crippen molar-refractivity contribution >= 4 is 29.0 Å². The second-order valence-electron chi connectivity index (χ2n) is 7.00. The third-order valence-corrected chi connectivity index (χ3v) is 6.81. The minimum absolute atomic E-state index is 0.130. The number of carbonyl (C=O) groups excluding carboxylic acids is 1. The van der Waals surface area contributed by atoms with E-state index in [-0.39, 0.29) is 17.3 Å². The zero-order valence-electron chi connectivity index (χ0n) is 15.5. The summed E-state index contributed by atoms with van der Waals surface area (Å²) in [6, 6.07) is 1.78. The van der Waals surface area contributed by atoms with E-state index in [9.17, 15) is 36.3 Å². The molecule has 0 unspecified atom stereocenters. The number of methoxy groups -OCH3 is 1. The Labute approximate surface area is 170 Å². The number of carbonyl (C=O) groups is 1. The van der Waals surface area contributed by atoms with Gasteiger partial charge >= 0.3 is 6.18 Å². The minimum Gasteiger partial charge on any atom is -0.493 e. The average molecular weight is 450 g/mol. The van der Waals surface area contributed by atoms with Crippen LogP contribution in [0.4, 0.5) is 33.3 Å². The molecule has 12 heteroatoms. The second-order valence-corrected chi connectivity index (χ2v) is 8.64. The molecule has 0 bridgehead atoms. The number of hydrogen-bond donors (Lipinski definition) is 2. The van der Waals surface area contributed by atoms with Crippen LogP contribution >= 0.6 is 11.8 Å². The maximum Gasteiger partial charge on any atom is 0.403 e. The van der Waals surface area contributed by atoms with Gasteiger partial charge in [-0.2, -0.15) is 17.6 Å². The predicted octanol–water partition coefficient (Wildman–Crippen LogP) is 2.70. The number of halogens is 5. The van der Waals surface area contributed by atoms with Crippen LogP contribution in [0, 0.1) is 11.6 Å². The van der Waals surface area contributed by atoms with E-state index in [0.29, 0.717) is 0 Å². The summed E-state index contributed by atoms with van der Waals surface area (Å²) in [4.78, 5) is 35.5. The Bertz CT molecular complexity index is 1100. The van der Waals surface area contributed by atoms with Crippen LogP contribution in [-0.4, -0.2) is 29.2 Å². The van der Waals surface area contributed by atoms with E-state index in [1.807, 2.05) is 0 Å². The SMILES string of the molecule is COc1c([C@@H]2C[C@](C)(C(F)(F)F)S[C@H]2C(=O)Nc2c(N)c(=O)c2=O)ccc(F)c1F. The van der Waals surface area contributed by atoms with Crippen molar-refractivity contribution in [3.63, 3.8) is 0 Å². The summed E-state index contributed by atoms with van der Waals surface area (Å²) < 4.78 is 71.2. The van der Waals surface area contributed by atoms with Gasteiger partial charge in [0.2, 0.25) is 11.7 Å². The monoisotopic (exact) mass is 450 g/mol. The van der Waals surface area contributed by atoms with Gasteiger partial charge in [-0.05, 0) is 19.4 Å². The molecule has 3 atom stereocenters. The Morgan fingerprint density at radius 1 is 1.27 bits per heavy atom. The molecule has 0 spiro atoms. The quantitative estimate of drug-likeness (QED) is 0.549. The summed E-state index contributed by atoms with van der Waals surface area (Å²) in [7, 11) is 1.02. The molecule has 2 aromatic rings. The van der Waals surface area contributed by atoms with Crippen LogP contribution in [0.25, 0.3) is 0 Å². The number of nitrogens with one attached hydrogen (secondary N) is 1. The lowest BCUT2D eigenvalue weighted by molar-refractivity contribution is -0.155. The van der Waals surface area contributed by atoms with E-state index in [1.54, 1.807) is 0 Å². The van der Waals surface area contributed by atoms with Gasteiger partial charge in [-0.25, -0.2) is 4.39 Å². The highest BCUT2D eigenvalue weighted by Gasteiger charge is 2.61. The fourth-order valence-corrected chi connectivity index (χ4v) is 4.95. The van der Waals surface area contributed by atoms with Gasteiger partial charge in [0, 0.05) is 11.5 Å². The Morgan fingerprint density at radius 2 is 1.90 bits per heavy atom. The van der Waals surface area contributed by atoms with Crippen molar-refractivity contribution in [3.05, 3.63) is 49.8 Å². The highest BCUT2D eigenvalue weighted by Crippen LogP contribution is 2.59. The van der Waals surface area contributed by atoms with Gasteiger partial charge in [0.25, 0.3) is 10.9 Å². The molecular weight excluding hydrogens is 435 g/mol. The molecular formula is C18H15F5N2O4S. The lowest BCUT2D eigenvalue weighted by atomic mass is 9.85. The van der Waals surface area contributed by atoms with Gasteiger partial charge in [0.05, 0.1) is 12.4 Å². The van der Waals surface area contributed by atoms with Crippen molar-refractivity contribution in [2.24, 2.45) is 0 Å². The molecule has 0 aliphatic carbocycles. The fourth-order valence-electron chi connectivity index (χ4n) is 3.40. The summed E-state index contributed by atoms with van der Waals surface area (Å²) >= 11 is 0.272. The van der Waals surface area contributed by atoms with Gasteiger partial charge < -0.3 is 15.8 Å². The largest absolute Gasteiger partial charge is 0.493 e. The Kier molecular flexibility index (Phi) is 5.34. The normalized spacial score (nSPS) is 24.2. The number of nitrogens with two attached hydrogens (primary N) is 1. The average Bonchev–Trinajstić information content (AvgIpc) is 3.06. The van der Waals surface area contributed by atoms with Crippen molar-refractivity contribution in [3.8, 4) is 5.75 Å². The van der Waals surface area contributed by atoms with Crippen molar-refractivity contribution in [2.75, 3.05) is 18.2 Å². The fraction of sp³-hybridized carbons (Fsp3) is 0.389. The van der Waals surface area contributed by atoms with Crippen LogP contribution < -0.4 is 26.6 Å². The Balaban J connectivity index is 2.05. The van der Waals surface area contributed by atoms with E-state index in [2.05, 4.69) is 5.32 Å². The molecule has 1 heterocycles. The van der Waals surface area contributed by atoms with Crippen LogP contribution in [0.15, 0.2) is 21.7 Å². The molecule has 0 radical (unpaired) electrons. The smallest absolute Gasteiger partial charge is 0.403 e. The van der Waals surface area contributed by atoms with Gasteiger partial charge in [0.1, 0.15) is 16.1 Å². The van der Waals surface area contributed by atoms with E-state index >= 15 is 0 Å². The highest BCUT2D eigenvalue weighted by atomic mass is 32.2. The summed E-state index contributed by atoms with van der Waals surface area (Å²) in [6.07, 6.45) is -5.36. The van der Waals surface area contributed by atoms with Gasteiger partial charge in [-0.3, -0.25) is 14.4 Å². The molecule has 1 aliphatic rings. The van der Waals surface area contributed by atoms with Crippen molar-refractivity contribution < 1.29 is 31.5 Å². The molecule has 1 fully saturated rings. The molecule has 30 heavy (non-hydrogen) atoms. The number of anilines is 2. The molecule has 0 saturated carbocycles. The van der Waals surface area contributed by atoms with E-state index in [1.165, 1.54) is 0 Å². The summed E-state index contributed by atoms with van der Waals surface area (Å²) in [5.41, 5.74) is 2.14. The van der Waals surface area contributed by atoms with E-state index in [4.69, 9.17) is 10.5 Å². The summed E-state index contributed by atoms with van der Waals surface area (Å²) in [5.74, 6) is -5.54. The lowest BCUT2D eigenvalue weighted by Crippen LogP contribution is -2.41. The van der Waals surface area contributed by atoms with Gasteiger partial charge in [-0.15, -0.1) is 11.8 Å². The molecule has 3 N–H and O–H groups in total. The Morgan fingerprint density at radius 3 is 2.43 bits per heavy atom. The third kappa shape index (κ3) is 3.32. The maximum absolute atomic E-state index is 14.2. The first-order chi connectivity index (χ1) is 13.8. The molecule has 2 aromatic carbocycles. The number of hydrogen-bond acceptors (Lipinski definition) is 6. The molecule has 6 nitrogen and oxygen atoms in total. The minimum atomic E-state index is -4.72. The number of rotatable bonds is 4. The number of thioether (sulfide) groups is 1. The zero-order valence-corrected chi connectivity index (χ0v) is 16.3. The number of amides is 1. The first-order valence-electron chi connectivity index (χ1n) is 8.48. The first kappa shape index (κ1) is 22.1. The number of alkyl halides is 3. The zero-order chi connectivity index (χ0) is 22.6. The maximum atomic E-state index is 14.2. The second kappa shape index (κ2) is 7.25. The standard InChI is InChI=1S/C18H15F5N2O4S/c1-17(18(21,22)23)5-7(6-3-4-8(19)9(20)14(6)29-2)15(30-17)16(28)25-11-10(24)12(26)13(11)27/h3-4,7,15H,5,24H2,1-2H3,(H,25,28)/t7-,15+,17+/m0/s1. The van der Waals surface area contributed by atoms with Gasteiger partial charge in [-0.1, -0.05) is 6.07 Å². The van der Waals surface area contributed by atoms with Gasteiger partial charge in [0.15, 0.2) is 11.6 Å². The highest BCUT2D eigenvalue weighted by molar-refractivity contribution is 8.02.